The molecule has 2 heterocycles. The zero-order valence-corrected chi connectivity index (χ0v) is 16.4. The minimum atomic E-state index is 0.485. The van der Waals surface area contributed by atoms with Gasteiger partial charge in [0.1, 0.15) is 5.75 Å². The van der Waals surface area contributed by atoms with E-state index in [0.29, 0.717) is 16.9 Å². The predicted octanol–water partition coefficient (Wildman–Crippen LogP) is 5.63. The van der Waals surface area contributed by atoms with Gasteiger partial charge < -0.3 is 4.74 Å². The number of halogens is 2. The second-order valence-electron chi connectivity index (χ2n) is 7.50. The van der Waals surface area contributed by atoms with Gasteiger partial charge in [-0.15, -0.1) is 0 Å². The number of piperidine rings is 1. The molecule has 1 aromatic carbocycles. The summed E-state index contributed by atoms with van der Waals surface area (Å²) in [6, 6.07) is 8.03. The maximum Gasteiger partial charge on any atom is 0.120 e. The Kier molecular flexibility index (Phi) is 5.72. The smallest absolute Gasteiger partial charge is 0.120 e. The summed E-state index contributed by atoms with van der Waals surface area (Å²) in [5.74, 6) is 2.02. The van der Waals surface area contributed by atoms with Gasteiger partial charge in [-0.3, -0.25) is 5.10 Å². The van der Waals surface area contributed by atoms with Crippen molar-refractivity contribution in [1.29, 1.82) is 0 Å². The van der Waals surface area contributed by atoms with Gasteiger partial charge >= 0.3 is 0 Å². The van der Waals surface area contributed by atoms with Crippen molar-refractivity contribution >= 4 is 23.4 Å². The van der Waals surface area contributed by atoms with Crippen LogP contribution >= 0.6 is 23.4 Å². The van der Waals surface area contributed by atoms with E-state index in [1.54, 1.807) is 0 Å². The molecule has 0 bridgehead atoms. The fourth-order valence-corrected chi connectivity index (χ4v) is 4.49. The van der Waals surface area contributed by atoms with Gasteiger partial charge in [-0.2, -0.15) is 5.10 Å². The van der Waals surface area contributed by atoms with Gasteiger partial charge in [-0.1, -0.05) is 24.4 Å². The second kappa shape index (κ2) is 8.20. The van der Waals surface area contributed by atoms with E-state index in [0.717, 1.165) is 49.5 Å². The topological polar surface area (TPSA) is 41.1 Å². The molecule has 0 atom stereocenters. The van der Waals surface area contributed by atoms with Gasteiger partial charge in [0.05, 0.1) is 17.3 Å². The lowest BCUT2D eigenvalue weighted by Gasteiger charge is -2.25. The third kappa shape index (κ3) is 4.19. The van der Waals surface area contributed by atoms with Gasteiger partial charge in [-0.25, -0.2) is 4.42 Å². The number of H-pyrrole nitrogens is 1. The normalized spacial score (nSPS) is 19.9. The summed E-state index contributed by atoms with van der Waals surface area (Å²) < 4.78 is 7.80. The Balaban J connectivity index is 1.42. The highest BCUT2D eigenvalue weighted by atomic mass is 35.5. The highest BCUT2D eigenvalue weighted by Gasteiger charge is 2.22. The predicted molar refractivity (Wildman–Crippen MR) is 106 cm³/mol. The minimum absolute atomic E-state index is 0.485. The molecule has 0 radical (unpaired) electrons. The second-order valence-corrected chi connectivity index (χ2v) is 8.38. The van der Waals surface area contributed by atoms with Crippen molar-refractivity contribution in [3.05, 3.63) is 35.0 Å². The number of hydrogen-bond donors (Lipinski definition) is 1. The first-order valence-corrected chi connectivity index (χ1v) is 10.3. The zero-order valence-electron chi connectivity index (χ0n) is 14.9. The van der Waals surface area contributed by atoms with Crippen LogP contribution in [0.25, 0.3) is 11.3 Å². The third-order valence-corrected chi connectivity index (χ3v) is 6.31. The molecule has 26 heavy (non-hydrogen) atoms. The molecular formula is C20H25Cl2N3O. The first-order chi connectivity index (χ1) is 12.7. The van der Waals surface area contributed by atoms with Crippen LogP contribution in [-0.2, 0) is 0 Å². The molecule has 0 amide bonds. The minimum Gasteiger partial charge on any atom is -0.493 e. The van der Waals surface area contributed by atoms with Crippen LogP contribution in [0, 0.1) is 5.92 Å². The molecule has 1 aliphatic carbocycles. The molecule has 0 unspecified atom stereocenters. The van der Waals surface area contributed by atoms with Crippen molar-refractivity contribution < 1.29 is 4.74 Å². The lowest BCUT2D eigenvalue weighted by molar-refractivity contribution is 0.252. The molecule has 140 valence electrons. The van der Waals surface area contributed by atoms with Crippen molar-refractivity contribution in [3.8, 4) is 17.0 Å². The molecule has 0 spiro atoms. The maximum atomic E-state index is 6.52. The summed E-state index contributed by atoms with van der Waals surface area (Å²) in [4.78, 5) is 0. The number of aromatic amines is 1. The maximum absolute atomic E-state index is 6.52. The Bertz CT molecular complexity index is 734. The average molecular weight is 394 g/mol. The van der Waals surface area contributed by atoms with Crippen LogP contribution in [0.15, 0.2) is 24.3 Å². The average Bonchev–Trinajstić information content (AvgIpc) is 3.33. The van der Waals surface area contributed by atoms with Crippen molar-refractivity contribution in [3.63, 3.8) is 0 Å². The zero-order chi connectivity index (χ0) is 17.9. The van der Waals surface area contributed by atoms with Crippen molar-refractivity contribution in [2.45, 2.75) is 44.4 Å². The van der Waals surface area contributed by atoms with Crippen LogP contribution in [0.3, 0.4) is 0 Å². The SMILES string of the molecule is Clc1cc(OCC2CCCC2)ccc1-c1cc(C2CCN(Cl)CC2)[nH]n1. The summed E-state index contributed by atoms with van der Waals surface area (Å²) in [5.41, 5.74) is 3.00. The number of benzene rings is 1. The highest BCUT2D eigenvalue weighted by Crippen LogP contribution is 2.34. The van der Waals surface area contributed by atoms with Crippen molar-refractivity contribution in [2.75, 3.05) is 19.7 Å². The van der Waals surface area contributed by atoms with Crippen LogP contribution in [-0.4, -0.2) is 34.3 Å². The van der Waals surface area contributed by atoms with Crippen LogP contribution in [0.2, 0.25) is 5.02 Å². The van der Waals surface area contributed by atoms with E-state index in [4.69, 9.17) is 28.1 Å². The molecule has 2 fully saturated rings. The van der Waals surface area contributed by atoms with E-state index in [9.17, 15) is 0 Å². The summed E-state index contributed by atoms with van der Waals surface area (Å²) in [6.07, 6.45) is 7.33. The lowest BCUT2D eigenvalue weighted by atomic mass is 9.94. The van der Waals surface area contributed by atoms with E-state index >= 15 is 0 Å². The molecule has 1 saturated carbocycles. The van der Waals surface area contributed by atoms with Gasteiger partial charge in [-0.05, 0) is 67.6 Å². The van der Waals surface area contributed by atoms with Crippen LogP contribution in [0.1, 0.15) is 50.1 Å². The Morgan fingerprint density at radius 3 is 2.62 bits per heavy atom. The van der Waals surface area contributed by atoms with Crippen molar-refractivity contribution in [1.82, 2.24) is 14.6 Å². The van der Waals surface area contributed by atoms with Gasteiger partial charge in [0.15, 0.2) is 0 Å². The number of aromatic nitrogens is 2. The molecule has 1 aliphatic heterocycles. The van der Waals surface area contributed by atoms with Crippen LogP contribution in [0.4, 0.5) is 0 Å². The molecule has 1 N–H and O–H groups in total. The molecule has 2 aliphatic rings. The van der Waals surface area contributed by atoms with Gasteiger partial charge in [0, 0.05) is 30.3 Å². The molecule has 4 rings (SSSR count). The molecular weight excluding hydrogens is 369 g/mol. The van der Waals surface area contributed by atoms with Crippen molar-refractivity contribution in [2.24, 2.45) is 5.92 Å². The number of rotatable bonds is 5. The Labute approximate surface area is 164 Å². The first-order valence-electron chi connectivity index (χ1n) is 9.58. The number of nitrogens with one attached hydrogen (secondary N) is 1. The molecule has 2 aromatic rings. The number of hydrogen-bond acceptors (Lipinski definition) is 3. The van der Waals surface area contributed by atoms with Crippen LogP contribution in [0.5, 0.6) is 5.75 Å². The van der Waals surface area contributed by atoms with E-state index in [-0.39, 0.29) is 0 Å². The van der Waals surface area contributed by atoms with E-state index in [1.165, 1.54) is 31.4 Å². The summed E-state index contributed by atoms with van der Waals surface area (Å²) in [6.45, 7) is 2.62. The third-order valence-electron chi connectivity index (χ3n) is 5.65. The first kappa shape index (κ1) is 18.1. The fraction of sp³-hybridized carbons (Fsp3) is 0.550. The van der Waals surface area contributed by atoms with E-state index < -0.39 is 0 Å². The van der Waals surface area contributed by atoms with E-state index in [1.807, 2.05) is 22.6 Å². The Morgan fingerprint density at radius 1 is 1.12 bits per heavy atom. The molecule has 1 saturated heterocycles. The Morgan fingerprint density at radius 2 is 1.88 bits per heavy atom. The number of ether oxygens (including phenoxy) is 1. The molecule has 6 heteroatoms. The highest BCUT2D eigenvalue weighted by molar-refractivity contribution is 6.33. The summed E-state index contributed by atoms with van der Waals surface area (Å²) >= 11 is 12.6. The molecule has 4 nitrogen and oxygen atoms in total. The van der Waals surface area contributed by atoms with Gasteiger partial charge in [0.2, 0.25) is 0 Å². The fourth-order valence-electron chi connectivity index (χ4n) is 4.03. The molecule has 1 aromatic heterocycles. The quantitative estimate of drug-likeness (QED) is 0.668. The monoisotopic (exact) mass is 393 g/mol. The van der Waals surface area contributed by atoms with E-state index in [2.05, 4.69) is 16.3 Å². The van der Waals surface area contributed by atoms with Gasteiger partial charge in [0.25, 0.3) is 0 Å². The summed E-state index contributed by atoms with van der Waals surface area (Å²) in [5, 5.41) is 8.36. The van der Waals surface area contributed by atoms with Crippen LogP contribution < -0.4 is 4.74 Å². The largest absolute Gasteiger partial charge is 0.493 e. The Hall–Kier alpha value is -1.23. The lowest BCUT2D eigenvalue weighted by Crippen LogP contribution is -2.25. The number of nitrogens with zero attached hydrogens (tertiary/aromatic N) is 2. The summed E-state index contributed by atoms with van der Waals surface area (Å²) in [7, 11) is 0. The standard InChI is InChI=1S/C20H25Cl2N3O/c21-18-11-16(26-13-14-3-1-2-4-14)5-6-17(18)20-12-19(23-24-20)15-7-9-25(22)10-8-15/h5-6,11-12,14-15H,1-4,7-10,13H2,(H,23,24).